The van der Waals surface area contributed by atoms with Gasteiger partial charge in [0.2, 0.25) is 5.91 Å². The van der Waals surface area contributed by atoms with Crippen LogP contribution in [0.5, 0.6) is 0 Å². The van der Waals surface area contributed by atoms with Gasteiger partial charge >= 0.3 is 5.69 Å². The van der Waals surface area contributed by atoms with Gasteiger partial charge in [0.1, 0.15) is 0 Å². The molecule has 1 saturated heterocycles. The largest absolute Gasteiger partial charge is 0.353 e. The van der Waals surface area contributed by atoms with E-state index in [-0.39, 0.29) is 35.7 Å². The third-order valence-electron chi connectivity index (χ3n) is 4.23. The molecular formula is C15H24N4O4S. The van der Waals surface area contributed by atoms with Crippen molar-refractivity contribution in [3.63, 3.8) is 0 Å². The lowest BCUT2D eigenvalue weighted by Gasteiger charge is -2.22. The molecule has 1 amide bonds. The highest BCUT2D eigenvalue weighted by Crippen LogP contribution is 2.15. The highest BCUT2D eigenvalue weighted by atomic mass is 32.2. The number of nitrogens with zero attached hydrogens (tertiary/aromatic N) is 3. The summed E-state index contributed by atoms with van der Waals surface area (Å²) in [6, 6.07) is 1.71. The topological polar surface area (TPSA) is 101 Å². The molecule has 1 aliphatic heterocycles. The van der Waals surface area contributed by atoms with Crippen molar-refractivity contribution in [3.05, 3.63) is 27.9 Å². The summed E-state index contributed by atoms with van der Waals surface area (Å²) in [5.41, 5.74) is 1.15. The van der Waals surface area contributed by atoms with Crippen LogP contribution >= 0.6 is 0 Å². The zero-order chi connectivity index (χ0) is 17.9. The maximum atomic E-state index is 12.0. The van der Waals surface area contributed by atoms with E-state index in [1.54, 1.807) is 18.9 Å². The Morgan fingerprint density at radius 2 is 2.17 bits per heavy atom. The number of hydrogen-bond donors (Lipinski definition) is 1. The minimum Gasteiger partial charge on any atom is -0.353 e. The van der Waals surface area contributed by atoms with E-state index < -0.39 is 9.84 Å². The van der Waals surface area contributed by atoms with Gasteiger partial charge in [-0.3, -0.25) is 14.3 Å². The highest BCUT2D eigenvalue weighted by Gasteiger charge is 2.31. The van der Waals surface area contributed by atoms with Crippen LogP contribution in [0.1, 0.15) is 17.8 Å². The second-order valence-corrected chi connectivity index (χ2v) is 8.52. The fourth-order valence-corrected chi connectivity index (χ4v) is 4.69. The minimum atomic E-state index is -2.96. The monoisotopic (exact) mass is 356 g/mol. The standard InChI is InChI=1S/C15H24N4O4S/c1-11-8-12(2)19(15(21)17-11)6-5-16-14(20)9-18(3)13-4-7-24(22,23)10-13/h8,13H,4-7,9-10H2,1-3H3,(H,16,20). The highest BCUT2D eigenvalue weighted by molar-refractivity contribution is 7.91. The molecule has 0 bridgehead atoms. The molecule has 0 aromatic carbocycles. The number of amides is 1. The number of carbonyl (C=O) groups excluding carboxylic acids is 1. The fourth-order valence-electron chi connectivity index (χ4n) is 2.89. The van der Waals surface area contributed by atoms with Crippen molar-refractivity contribution in [3.8, 4) is 0 Å². The first-order valence-corrected chi connectivity index (χ1v) is 9.72. The van der Waals surface area contributed by atoms with Crippen LogP contribution in [-0.4, -0.2) is 66.5 Å². The van der Waals surface area contributed by atoms with Crippen LogP contribution in [0.4, 0.5) is 0 Å². The van der Waals surface area contributed by atoms with Gasteiger partial charge in [0.05, 0.1) is 18.1 Å². The normalized spacial score (nSPS) is 19.6. The quantitative estimate of drug-likeness (QED) is 0.708. The molecule has 9 heteroatoms. The van der Waals surface area contributed by atoms with E-state index in [2.05, 4.69) is 10.3 Å². The number of carbonyl (C=O) groups is 1. The van der Waals surface area contributed by atoms with Crippen LogP contribution in [0.3, 0.4) is 0 Å². The first-order valence-electron chi connectivity index (χ1n) is 7.90. The van der Waals surface area contributed by atoms with Gasteiger partial charge in [0.25, 0.3) is 0 Å². The van der Waals surface area contributed by atoms with Gasteiger partial charge in [-0.05, 0) is 33.4 Å². The number of sulfone groups is 1. The van der Waals surface area contributed by atoms with Gasteiger partial charge in [-0.25, -0.2) is 13.2 Å². The van der Waals surface area contributed by atoms with Crippen LogP contribution in [-0.2, 0) is 21.2 Å². The second kappa shape index (κ2) is 7.43. The van der Waals surface area contributed by atoms with Crippen molar-refractivity contribution >= 4 is 15.7 Å². The first-order chi connectivity index (χ1) is 11.2. The predicted molar refractivity (Wildman–Crippen MR) is 90.7 cm³/mol. The Morgan fingerprint density at radius 1 is 1.46 bits per heavy atom. The van der Waals surface area contributed by atoms with Gasteiger partial charge in [0.15, 0.2) is 9.84 Å². The molecule has 1 unspecified atom stereocenters. The molecule has 8 nitrogen and oxygen atoms in total. The van der Waals surface area contributed by atoms with Crippen molar-refractivity contribution in [2.75, 3.05) is 31.6 Å². The third-order valence-corrected chi connectivity index (χ3v) is 5.98. The van der Waals surface area contributed by atoms with Crippen molar-refractivity contribution in [1.29, 1.82) is 0 Å². The summed E-state index contributed by atoms with van der Waals surface area (Å²) in [6.07, 6.45) is 0.565. The number of likely N-dealkylation sites (N-methyl/N-ethyl adjacent to an activating group) is 1. The van der Waals surface area contributed by atoms with E-state index in [1.165, 1.54) is 4.57 Å². The fraction of sp³-hybridized carbons (Fsp3) is 0.667. The van der Waals surface area contributed by atoms with Crippen molar-refractivity contribution in [2.24, 2.45) is 0 Å². The summed E-state index contributed by atoms with van der Waals surface area (Å²) in [6.45, 7) is 4.40. The average Bonchev–Trinajstić information content (AvgIpc) is 2.82. The maximum absolute atomic E-state index is 12.0. The Labute approximate surface area is 141 Å². The number of hydrogen-bond acceptors (Lipinski definition) is 6. The van der Waals surface area contributed by atoms with Crippen LogP contribution < -0.4 is 11.0 Å². The SMILES string of the molecule is Cc1cc(C)n(CCNC(=O)CN(C)C2CCS(=O)(=O)C2)c(=O)n1. The molecular weight excluding hydrogens is 332 g/mol. The zero-order valence-corrected chi connectivity index (χ0v) is 15.1. The second-order valence-electron chi connectivity index (χ2n) is 6.30. The predicted octanol–water partition coefficient (Wildman–Crippen LogP) is -0.905. The summed E-state index contributed by atoms with van der Waals surface area (Å²) >= 11 is 0. The Kier molecular flexibility index (Phi) is 5.76. The summed E-state index contributed by atoms with van der Waals surface area (Å²) in [5.74, 6) is 0.111. The molecule has 0 radical (unpaired) electrons. The maximum Gasteiger partial charge on any atom is 0.348 e. The van der Waals surface area contributed by atoms with E-state index in [0.717, 1.165) is 5.69 Å². The van der Waals surface area contributed by atoms with Gasteiger partial charge in [-0.1, -0.05) is 0 Å². The molecule has 1 aromatic rings. The van der Waals surface area contributed by atoms with Crippen molar-refractivity contribution < 1.29 is 13.2 Å². The number of rotatable bonds is 6. The third kappa shape index (κ3) is 4.88. The lowest BCUT2D eigenvalue weighted by atomic mass is 10.2. The van der Waals surface area contributed by atoms with Gasteiger partial charge in [0, 0.05) is 30.5 Å². The van der Waals surface area contributed by atoms with Gasteiger partial charge in [-0.15, -0.1) is 0 Å². The minimum absolute atomic E-state index is 0.105. The molecule has 1 aliphatic rings. The number of aryl methyl sites for hydroxylation is 2. The molecule has 0 aliphatic carbocycles. The first kappa shape index (κ1) is 18.6. The van der Waals surface area contributed by atoms with Crippen molar-refractivity contribution in [1.82, 2.24) is 19.8 Å². The van der Waals surface area contributed by atoms with Crippen LogP contribution in [0.15, 0.2) is 10.9 Å². The van der Waals surface area contributed by atoms with Crippen LogP contribution in [0.2, 0.25) is 0 Å². The molecule has 24 heavy (non-hydrogen) atoms. The van der Waals surface area contributed by atoms with Gasteiger partial charge in [-0.2, -0.15) is 4.98 Å². The van der Waals surface area contributed by atoms with Gasteiger partial charge < -0.3 is 5.32 Å². The lowest BCUT2D eigenvalue weighted by molar-refractivity contribution is -0.122. The molecule has 2 rings (SSSR count). The molecule has 1 fully saturated rings. The number of aromatic nitrogens is 2. The summed E-state index contributed by atoms with van der Waals surface area (Å²) in [7, 11) is -1.21. The molecule has 2 heterocycles. The Hall–Kier alpha value is -1.74. The molecule has 134 valence electrons. The zero-order valence-electron chi connectivity index (χ0n) is 14.3. The van der Waals surface area contributed by atoms with E-state index >= 15 is 0 Å². The number of nitrogens with one attached hydrogen (secondary N) is 1. The average molecular weight is 356 g/mol. The Balaban J connectivity index is 1.81. The molecule has 0 saturated carbocycles. The van der Waals surface area contributed by atoms with E-state index in [1.807, 2.05) is 13.0 Å². The molecule has 1 atom stereocenters. The van der Waals surface area contributed by atoms with E-state index in [0.29, 0.717) is 25.2 Å². The molecule has 1 aromatic heterocycles. The summed E-state index contributed by atoms with van der Waals surface area (Å²) in [5, 5.41) is 2.76. The lowest BCUT2D eigenvalue weighted by Crippen LogP contribution is -2.42. The Bertz CT molecular complexity index is 772. The van der Waals surface area contributed by atoms with Crippen molar-refractivity contribution in [2.45, 2.75) is 32.9 Å². The van der Waals surface area contributed by atoms with E-state index in [4.69, 9.17) is 0 Å². The van der Waals surface area contributed by atoms with Crippen LogP contribution in [0.25, 0.3) is 0 Å². The Morgan fingerprint density at radius 3 is 2.75 bits per heavy atom. The summed E-state index contributed by atoms with van der Waals surface area (Å²) < 4.78 is 24.5. The van der Waals surface area contributed by atoms with Crippen LogP contribution in [0, 0.1) is 13.8 Å². The molecule has 1 N–H and O–H groups in total. The summed E-state index contributed by atoms with van der Waals surface area (Å²) in [4.78, 5) is 29.4. The van der Waals surface area contributed by atoms with E-state index in [9.17, 15) is 18.0 Å². The smallest absolute Gasteiger partial charge is 0.348 e. The molecule has 0 spiro atoms.